The topological polar surface area (TPSA) is 14.5 Å². The van der Waals surface area contributed by atoms with Gasteiger partial charge in [-0.15, -0.1) is 0 Å². The van der Waals surface area contributed by atoms with Crippen molar-refractivity contribution >= 4 is 22.5 Å². The molecule has 1 aliphatic rings. The van der Waals surface area contributed by atoms with E-state index in [0.717, 1.165) is 17.1 Å². The maximum absolute atomic E-state index is 5.57. The Morgan fingerprint density at radius 2 is 1.67 bits per heavy atom. The summed E-state index contributed by atoms with van der Waals surface area (Å²) in [7, 11) is 2.16. The van der Waals surface area contributed by atoms with Crippen LogP contribution in [0, 0.1) is 13.8 Å². The number of aryl methyl sites for hydroxylation is 2. The quantitative estimate of drug-likeness (QED) is 0.477. The van der Waals surface area contributed by atoms with Gasteiger partial charge in [0.05, 0.1) is 13.8 Å². The summed E-state index contributed by atoms with van der Waals surface area (Å²) >= 11 is 0. The molecule has 0 N–H and O–H groups in total. The second-order valence-corrected chi connectivity index (χ2v) is 7.89. The van der Waals surface area contributed by atoms with Crippen LogP contribution in [0.25, 0.3) is 16.8 Å². The van der Waals surface area contributed by atoms with Gasteiger partial charge in [-0.3, -0.25) is 0 Å². The minimum atomic E-state index is -0.0485. The van der Waals surface area contributed by atoms with Crippen molar-refractivity contribution in [1.29, 1.82) is 0 Å². The molecule has 1 aromatic heterocycles. The van der Waals surface area contributed by atoms with Crippen molar-refractivity contribution in [2.75, 3.05) is 11.9 Å². The largest absolute Gasteiger partial charge is 0.347 e. The molecule has 0 saturated heterocycles. The van der Waals surface area contributed by atoms with Crippen LogP contribution < -0.4 is 4.90 Å². The Morgan fingerprint density at radius 1 is 0.963 bits per heavy atom. The number of hydrogen-bond donors (Lipinski definition) is 0. The summed E-state index contributed by atoms with van der Waals surface area (Å²) < 4.78 is 5.57. The molecule has 0 atom stereocenters. The number of nitrogens with zero attached hydrogens (tertiary/aromatic N) is 1. The van der Waals surface area contributed by atoms with E-state index in [4.69, 9.17) is 4.42 Å². The van der Waals surface area contributed by atoms with Crippen molar-refractivity contribution in [3.63, 3.8) is 0 Å². The van der Waals surface area contributed by atoms with Gasteiger partial charge < -0.3 is 4.90 Å². The number of hydrogen-bond acceptors (Lipinski definition) is 1. The zero-order chi connectivity index (χ0) is 19.2. The SMILES string of the molecule is Cc1cc(/C=C/C=C2\N(C)c3ccc4ccccc4c3C2(C)C)cc(C)[o+]1. The van der Waals surface area contributed by atoms with Crippen LogP contribution >= 0.6 is 0 Å². The normalized spacial score (nSPS) is 17.2. The third-order valence-electron chi connectivity index (χ3n) is 5.50. The molecule has 2 nitrogen and oxygen atoms in total. The molecule has 2 heteroatoms. The molecular weight excluding hydrogens is 330 g/mol. The molecule has 3 aromatic rings. The molecule has 27 heavy (non-hydrogen) atoms. The number of rotatable bonds is 2. The Balaban J connectivity index is 1.76. The summed E-state index contributed by atoms with van der Waals surface area (Å²) in [5.41, 5.74) is 5.12. The van der Waals surface area contributed by atoms with Crippen LogP contribution in [0.5, 0.6) is 0 Å². The number of fused-ring (bicyclic) bond motifs is 3. The molecular formula is C25H26NO+. The van der Waals surface area contributed by atoms with Gasteiger partial charge in [-0.2, -0.15) is 0 Å². The molecule has 0 spiro atoms. The van der Waals surface area contributed by atoms with Gasteiger partial charge in [-0.1, -0.05) is 56.3 Å². The highest BCUT2D eigenvalue weighted by atomic mass is 16.3. The maximum Gasteiger partial charge on any atom is 0.327 e. The molecule has 0 aliphatic carbocycles. The Hall–Kier alpha value is -2.87. The minimum Gasteiger partial charge on any atom is -0.347 e. The summed E-state index contributed by atoms with van der Waals surface area (Å²) in [5.74, 6) is 1.86. The average Bonchev–Trinajstić information content (AvgIpc) is 2.81. The van der Waals surface area contributed by atoms with Crippen LogP contribution in [0.4, 0.5) is 5.69 Å². The van der Waals surface area contributed by atoms with Crippen LogP contribution in [-0.2, 0) is 5.41 Å². The van der Waals surface area contributed by atoms with Gasteiger partial charge in [0.1, 0.15) is 0 Å². The van der Waals surface area contributed by atoms with Gasteiger partial charge in [0, 0.05) is 36.0 Å². The molecule has 0 unspecified atom stereocenters. The van der Waals surface area contributed by atoms with Gasteiger partial charge >= 0.3 is 11.5 Å². The lowest BCUT2D eigenvalue weighted by Gasteiger charge is -2.24. The Labute approximate surface area is 161 Å². The highest BCUT2D eigenvalue weighted by Gasteiger charge is 2.39. The predicted molar refractivity (Wildman–Crippen MR) is 115 cm³/mol. The van der Waals surface area contributed by atoms with E-state index in [1.54, 1.807) is 0 Å². The molecule has 136 valence electrons. The van der Waals surface area contributed by atoms with E-state index in [0.29, 0.717) is 0 Å². The van der Waals surface area contributed by atoms with Crippen LogP contribution in [-0.4, -0.2) is 7.05 Å². The Kier molecular flexibility index (Phi) is 4.15. The van der Waals surface area contributed by atoms with Crippen LogP contribution in [0.2, 0.25) is 0 Å². The maximum atomic E-state index is 5.57. The number of likely N-dealkylation sites (N-methyl/N-ethyl adjacent to an activating group) is 1. The zero-order valence-corrected chi connectivity index (χ0v) is 16.7. The van der Waals surface area contributed by atoms with Gasteiger partial charge in [0.25, 0.3) is 0 Å². The lowest BCUT2D eigenvalue weighted by Crippen LogP contribution is -2.22. The second-order valence-electron chi connectivity index (χ2n) is 7.89. The summed E-state index contributed by atoms with van der Waals surface area (Å²) in [6, 6.07) is 17.3. The molecule has 0 bridgehead atoms. The summed E-state index contributed by atoms with van der Waals surface area (Å²) in [4.78, 5) is 2.32. The van der Waals surface area contributed by atoms with Crippen molar-refractivity contribution in [2.24, 2.45) is 0 Å². The van der Waals surface area contributed by atoms with E-state index in [9.17, 15) is 0 Å². The standard InChI is InChI=1S/C25H26NO/c1-17-15-19(16-18(2)27-17)9-8-12-23-25(3,4)24-21-11-7-6-10-20(21)13-14-22(24)26(23)5/h6-16H,1-5H3/q+1/b9-8+,23-12-. The molecule has 2 aromatic carbocycles. The predicted octanol–water partition coefficient (Wildman–Crippen LogP) is 6.66. The smallest absolute Gasteiger partial charge is 0.327 e. The molecule has 2 heterocycles. The summed E-state index contributed by atoms with van der Waals surface area (Å²) in [6.07, 6.45) is 6.53. The van der Waals surface area contributed by atoms with Crippen LogP contribution in [0.15, 0.2) is 70.8 Å². The fourth-order valence-corrected chi connectivity index (χ4v) is 4.36. The molecule has 0 amide bonds. The van der Waals surface area contributed by atoms with Gasteiger partial charge in [0.2, 0.25) is 0 Å². The van der Waals surface area contributed by atoms with E-state index in [1.807, 2.05) is 13.8 Å². The van der Waals surface area contributed by atoms with Crippen LogP contribution in [0.1, 0.15) is 36.5 Å². The third kappa shape index (κ3) is 2.95. The fourth-order valence-electron chi connectivity index (χ4n) is 4.36. The lowest BCUT2D eigenvalue weighted by molar-refractivity contribution is 0.485. The third-order valence-corrected chi connectivity index (χ3v) is 5.50. The van der Waals surface area contributed by atoms with Gasteiger partial charge in [-0.05, 0) is 34.0 Å². The van der Waals surface area contributed by atoms with E-state index >= 15 is 0 Å². The fraction of sp³-hybridized carbons (Fsp3) is 0.240. The Bertz CT molecular complexity index is 1070. The molecule has 1 aliphatic heterocycles. The number of anilines is 1. The summed E-state index contributed by atoms with van der Waals surface area (Å²) in [6.45, 7) is 8.60. The van der Waals surface area contributed by atoms with Gasteiger partial charge in [0.15, 0.2) is 0 Å². The highest BCUT2D eigenvalue weighted by molar-refractivity contribution is 5.94. The van der Waals surface area contributed by atoms with Crippen molar-refractivity contribution < 1.29 is 4.42 Å². The summed E-state index contributed by atoms with van der Waals surface area (Å²) in [5, 5.41) is 2.64. The molecule has 4 rings (SSSR count). The van der Waals surface area contributed by atoms with E-state index in [1.165, 1.54) is 27.7 Å². The monoisotopic (exact) mass is 356 g/mol. The number of benzene rings is 2. The first-order chi connectivity index (χ1) is 12.9. The molecule has 0 fully saturated rings. The highest BCUT2D eigenvalue weighted by Crippen LogP contribution is 2.49. The Morgan fingerprint density at radius 3 is 2.41 bits per heavy atom. The van der Waals surface area contributed by atoms with Crippen molar-refractivity contribution in [2.45, 2.75) is 33.1 Å². The minimum absolute atomic E-state index is 0.0485. The van der Waals surface area contributed by atoms with E-state index in [2.05, 4.69) is 92.6 Å². The van der Waals surface area contributed by atoms with E-state index in [-0.39, 0.29) is 5.41 Å². The second kappa shape index (κ2) is 6.38. The van der Waals surface area contributed by atoms with Crippen molar-refractivity contribution in [3.8, 4) is 0 Å². The zero-order valence-electron chi connectivity index (χ0n) is 16.7. The first kappa shape index (κ1) is 17.5. The van der Waals surface area contributed by atoms with E-state index < -0.39 is 0 Å². The van der Waals surface area contributed by atoms with Crippen molar-refractivity contribution in [3.05, 3.63) is 89.0 Å². The van der Waals surface area contributed by atoms with Gasteiger partial charge in [-0.25, -0.2) is 4.42 Å². The number of allylic oxidation sites excluding steroid dienone is 3. The average molecular weight is 356 g/mol. The lowest BCUT2D eigenvalue weighted by atomic mass is 9.81. The van der Waals surface area contributed by atoms with Crippen LogP contribution in [0.3, 0.4) is 0 Å². The molecule has 0 saturated carbocycles. The molecule has 0 radical (unpaired) electrons. The van der Waals surface area contributed by atoms with Crippen molar-refractivity contribution in [1.82, 2.24) is 0 Å². The first-order valence-corrected chi connectivity index (χ1v) is 9.44. The first-order valence-electron chi connectivity index (χ1n) is 9.44.